The monoisotopic (exact) mass is 1200 g/mol. The molecule has 15 N–H and O–H groups in total. The maximum absolute atomic E-state index is 14.1. The van der Waals surface area contributed by atoms with Crippen LogP contribution < -0.4 is 28.3 Å². The summed E-state index contributed by atoms with van der Waals surface area (Å²) in [5.74, 6) is -5.77. The highest BCUT2D eigenvalue weighted by molar-refractivity contribution is 7.32. The number of esters is 2. The van der Waals surface area contributed by atoms with Crippen LogP contribution in [0.5, 0.6) is 0 Å². The third-order valence-corrected chi connectivity index (χ3v) is 15.0. The van der Waals surface area contributed by atoms with E-state index in [0.29, 0.717) is 12.8 Å². The molecule has 0 radical (unpaired) electrons. The number of amides is 3. The Labute approximate surface area is 489 Å². The Morgan fingerprint density at radius 3 is 1.54 bits per heavy atom. The van der Waals surface area contributed by atoms with Gasteiger partial charge in [-0.3, -0.25) is 24.0 Å². The number of hydrogen-bond donors (Lipinski definition) is 11. The van der Waals surface area contributed by atoms with Gasteiger partial charge in [-0.2, -0.15) is 0 Å². The normalized spacial score (nSPS) is 19.7. The molecule has 12 atom stereocenters. The molecule has 3 unspecified atom stereocenters. The Bertz CT molecular complexity index is 1760. The third-order valence-electron chi connectivity index (χ3n) is 14.6. The van der Waals surface area contributed by atoms with Crippen molar-refractivity contribution in [2.24, 2.45) is 22.9 Å². The van der Waals surface area contributed by atoms with Crippen molar-refractivity contribution in [3.8, 4) is 0 Å². The summed E-state index contributed by atoms with van der Waals surface area (Å²) in [5.41, 5.74) is 21.0. The number of nitrogens with zero attached hydrogens (tertiary/aromatic N) is 1. The summed E-state index contributed by atoms with van der Waals surface area (Å²) < 4.78 is 36.2. The average Bonchev–Trinajstić information content (AvgIpc) is 3.65. The Balaban J connectivity index is 0.00000874. The molecule has 82 heavy (non-hydrogen) atoms. The second-order valence-corrected chi connectivity index (χ2v) is 22.7. The van der Waals surface area contributed by atoms with Crippen LogP contribution in [0.15, 0.2) is 0 Å². The lowest BCUT2D eigenvalue weighted by molar-refractivity contribution is -0.263. The molecule has 1 aliphatic heterocycles. The van der Waals surface area contributed by atoms with Crippen molar-refractivity contribution in [1.29, 1.82) is 0 Å². The molecule has 0 aliphatic carbocycles. The second-order valence-electron chi connectivity index (χ2n) is 22.0. The highest BCUT2D eigenvalue weighted by Crippen LogP contribution is 2.25. The topological polar surface area (TPSA) is 406 Å². The van der Waals surface area contributed by atoms with Gasteiger partial charge in [0, 0.05) is 36.9 Å². The maximum atomic E-state index is 14.1. The van der Waals surface area contributed by atoms with Gasteiger partial charge in [-0.25, -0.2) is 4.79 Å². The lowest BCUT2D eigenvalue weighted by atomic mass is 9.89. The number of nitrogens with one attached hydrogen (secondary N) is 1. The van der Waals surface area contributed by atoms with Gasteiger partial charge in [0.15, 0.2) is 18.5 Å². The van der Waals surface area contributed by atoms with Crippen molar-refractivity contribution in [2.75, 3.05) is 32.9 Å². The Hall–Kier alpha value is -3.52. The zero-order valence-electron chi connectivity index (χ0n) is 50.3. The number of carboxylic acid groups (broad SMARTS) is 1. The van der Waals surface area contributed by atoms with Crippen molar-refractivity contribution in [1.82, 2.24) is 10.2 Å². The molecule has 0 aromatic heterocycles. The van der Waals surface area contributed by atoms with Gasteiger partial charge in [0.05, 0.1) is 25.4 Å². The first-order valence-electron chi connectivity index (χ1n) is 30.5. The number of primary amides is 1. The molecule has 0 spiro atoms. The summed E-state index contributed by atoms with van der Waals surface area (Å²) >= 11 is 0. The second kappa shape index (κ2) is 47.7. The first-order chi connectivity index (χ1) is 39.0. The molecule has 0 bridgehead atoms. The number of aliphatic carboxylic acids is 1. The largest absolute Gasteiger partial charge is 0.694 e. The predicted molar refractivity (Wildman–Crippen MR) is 310 cm³/mol. The number of carbonyl (C=O) groups is 6. The van der Waals surface area contributed by atoms with Gasteiger partial charge in [-0.1, -0.05) is 168 Å². The van der Waals surface area contributed by atoms with Crippen LogP contribution in [0.2, 0.25) is 0 Å². The van der Waals surface area contributed by atoms with Crippen LogP contribution in [0, 0.1) is 0 Å². The molecule has 3 amide bonds. The van der Waals surface area contributed by atoms with Gasteiger partial charge in [-0.15, -0.1) is 9.42 Å². The fourth-order valence-corrected chi connectivity index (χ4v) is 9.79. The van der Waals surface area contributed by atoms with E-state index >= 15 is 0 Å². The average molecular weight is 1200 g/mol. The van der Waals surface area contributed by atoms with Gasteiger partial charge in [0.2, 0.25) is 17.7 Å². The molecule has 1 heterocycles. The van der Waals surface area contributed by atoms with Crippen molar-refractivity contribution in [2.45, 2.75) is 294 Å². The summed E-state index contributed by atoms with van der Waals surface area (Å²) in [4.78, 5) is 88.3. The Morgan fingerprint density at radius 1 is 0.720 bits per heavy atom. The van der Waals surface area contributed by atoms with E-state index in [1.165, 1.54) is 124 Å². The summed E-state index contributed by atoms with van der Waals surface area (Å²) in [5, 5.41) is 53.4. The van der Waals surface area contributed by atoms with Crippen LogP contribution >= 0.6 is 8.25 Å². The molecule has 24 nitrogen and oxygen atoms in total. The summed E-state index contributed by atoms with van der Waals surface area (Å²) in [6, 6.07) is -4.26. The van der Waals surface area contributed by atoms with Crippen LogP contribution in [0.3, 0.4) is 0 Å². The minimum atomic E-state index is -2.44. The quantitative estimate of drug-likeness (QED) is 0.0209. The van der Waals surface area contributed by atoms with E-state index in [1.54, 1.807) is 0 Å². The van der Waals surface area contributed by atoms with E-state index in [9.17, 15) is 58.9 Å². The molecular formula is C57H110N6O18P+. The SMILES string of the molecule is CCCCCCCCCCCCCCCC(=O)OC([C@H](CO)OC(=O)CCCCCCCCCCCCCCC)[C@@](C)(N)C(=O)N[C@H](CCC(=O)N(CC(C)O[C@@H]1[C@@H](N)[C@@H](O)O[C@H](CO)[C@H]1O)[C@@H](C)C(=O)O)C(N)=O.NCCO[P+](=O)O. The highest BCUT2D eigenvalue weighted by atomic mass is 31.1. The predicted octanol–water partition coefficient (Wildman–Crippen LogP) is 5.32. The zero-order chi connectivity index (χ0) is 61.9. The van der Waals surface area contributed by atoms with E-state index in [4.69, 9.17) is 46.8 Å². The molecule has 0 aromatic rings. The smallest absolute Gasteiger partial charge is 0.480 e. The van der Waals surface area contributed by atoms with Gasteiger partial charge in [0.25, 0.3) is 0 Å². The number of unbranched alkanes of at least 4 members (excludes halogenated alkanes) is 24. The first kappa shape index (κ1) is 78.5. The molecule has 1 rings (SSSR count). The van der Waals surface area contributed by atoms with Crippen LogP contribution in [-0.4, -0.2) is 170 Å². The molecule has 0 saturated carbocycles. The first-order valence-corrected chi connectivity index (χ1v) is 31.6. The van der Waals surface area contributed by atoms with Gasteiger partial charge < -0.3 is 77.6 Å². The van der Waals surface area contributed by atoms with Crippen LogP contribution in [0.25, 0.3) is 0 Å². The number of rotatable bonds is 49. The standard InChI is InChI=1S/C55H103N5O15.C2H6NO3P/c1-6-8-10-12-14-16-18-20-22-24-26-28-30-32-45(64)73-43(38-62)50(75-46(65)33-31-29-27-25-23-21-19-17-15-13-11-9-7-2)55(5,58)54(71)59-41(51(57)67)34-35-44(63)60(40(4)52(68)69)36-39(3)72-49-47(56)53(70)74-42(37-61)48(49)66;3-1-2-6-7(4)5/h39-43,47-50,53,61-62,66,70H,6-38,56,58H2,1-5H3,(H2,57,67)(H,59,71)(H,68,69);1-3H2/p+1/t39?,40-,41+,42+,43-,47+,48+,49+,50?,53-,55+;/m0./s1. The number of carbonyl (C=O) groups excluding carboxylic acids is 5. The van der Waals surface area contributed by atoms with Gasteiger partial charge in [0.1, 0.15) is 42.5 Å². The molecule has 25 heteroatoms. The summed E-state index contributed by atoms with van der Waals surface area (Å²) in [6.07, 6.45) is 17.9. The number of ether oxygens (including phenoxy) is 4. The molecule has 1 saturated heterocycles. The lowest BCUT2D eigenvalue weighted by Crippen LogP contribution is -2.66. The molecule has 480 valence electrons. The van der Waals surface area contributed by atoms with Crippen molar-refractivity contribution < 1.29 is 87.2 Å². The molecule has 1 aliphatic rings. The highest BCUT2D eigenvalue weighted by Gasteiger charge is 2.48. The molecular weight excluding hydrogens is 1090 g/mol. The zero-order valence-corrected chi connectivity index (χ0v) is 51.2. The lowest BCUT2D eigenvalue weighted by Gasteiger charge is -2.42. The summed E-state index contributed by atoms with van der Waals surface area (Å²) in [6.45, 7) is 6.85. The fraction of sp³-hybridized carbons (Fsp3) is 0.895. The number of aliphatic hydroxyl groups excluding tert-OH is 4. The van der Waals surface area contributed by atoms with Crippen LogP contribution in [0.1, 0.15) is 227 Å². The summed E-state index contributed by atoms with van der Waals surface area (Å²) in [7, 11) is -2.44. The number of carboxylic acids is 1. The number of aliphatic hydroxyl groups is 4. The Kier molecular flexibility index (Phi) is 45.6. The van der Waals surface area contributed by atoms with Crippen LogP contribution in [0.4, 0.5) is 0 Å². The van der Waals surface area contributed by atoms with E-state index in [0.717, 1.165) is 56.3 Å². The van der Waals surface area contributed by atoms with E-state index in [1.807, 2.05) is 0 Å². The number of nitrogens with two attached hydrogens (primary N) is 4. The number of hydrogen-bond acceptors (Lipinski definition) is 19. The fourth-order valence-electron chi connectivity index (χ4n) is 9.52. The van der Waals surface area contributed by atoms with E-state index in [-0.39, 0.29) is 32.5 Å². The Morgan fingerprint density at radius 2 is 1.16 bits per heavy atom. The van der Waals surface area contributed by atoms with E-state index < -0.39 is 137 Å². The van der Waals surface area contributed by atoms with Crippen LogP contribution in [-0.2, 0) is 56.8 Å². The maximum Gasteiger partial charge on any atom is 0.694 e. The molecule has 1 fully saturated rings. The minimum absolute atomic E-state index is 0.0138. The minimum Gasteiger partial charge on any atom is -0.480 e. The van der Waals surface area contributed by atoms with Gasteiger partial charge >= 0.3 is 26.2 Å². The van der Waals surface area contributed by atoms with Crippen molar-refractivity contribution in [3.05, 3.63) is 0 Å². The third kappa shape index (κ3) is 35.1. The van der Waals surface area contributed by atoms with Crippen molar-refractivity contribution >= 4 is 43.9 Å². The van der Waals surface area contributed by atoms with E-state index in [2.05, 4.69) is 23.7 Å². The van der Waals surface area contributed by atoms with Gasteiger partial charge in [-0.05, 0) is 40.0 Å². The van der Waals surface area contributed by atoms with Crippen molar-refractivity contribution in [3.63, 3.8) is 0 Å². The molecule has 0 aromatic carbocycles.